The standard InChI is InChI=1S/C22H27N5O4/c1-13(14-4-6-15(7-5-14)22(30)31)27-17-9-19(21(27)29)25(11-17)12-18(24)20(28)26-8-2-3-16(26)10-23/h4-7,13,16-19H,2-3,8-9,11-12,24H2,1H3,(H,30,31)/t13?,16?,17-,18?,19?/m0/s1. The second kappa shape index (κ2) is 8.29. The lowest BCUT2D eigenvalue weighted by Crippen LogP contribution is -2.56. The lowest BCUT2D eigenvalue weighted by molar-refractivity contribution is -0.141. The second-order valence-electron chi connectivity index (χ2n) is 8.63. The van der Waals surface area contributed by atoms with E-state index in [1.165, 1.54) is 0 Å². The Bertz CT molecular complexity index is 927. The average molecular weight is 425 g/mol. The van der Waals surface area contributed by atoms with E-state index in [9.17, 15) is 19.6 Å². The van der Waals surface area contributed by atoms with Gasteiger partial charge in [-0.3, -0.25) is 14.5 Å². The molecule has 1 aromatic rings. The summed E-state index contributed by atoms with van der Waals surface area (Å²) in [5.41, 5.74) is 7.28. The molecule has 3 heterocycles. The number of nitrogens with zero attached hydrogens (tertiary/aromatic N) is 4. The molecule has 4 rings (SSSR count). The van der Waals surface area contributed by atoms with Crippen LogP contribution in [0.1, 0.15) is 48.1 Å². The van der Waals surface area contributed by atoms with Gasteiger partial charge in [-0.1, -0.05) is 12.1 Å². The second-order valence-corrected chi connectivity index (χ2v) is 8.63. The first kappa shape index (κ1) is 21.3. The Balaban J connectivity index is 1.39. The zero-order chi connectivity index (χ0) is 22.3. The molecule has 4 unspecified atom stereocenters. The molecule has 0 aromatic heterocycles. The number of benzene rings is 1. The third kappa shape index (κ3) is 3.77. The van der Waals surface area contributed by atoms with Crippen LogP contribution in [-0.4, -0.2) is 81.4 Å². The number of nitrogens with two attached hydrogens (primary N) is 1. The van der Waals surface area contributed by atoms with Crippen molar-refractivity contribution in [2.24, 2.45) is 5.73 Å². The number of carboxylic acid groups (broad SMARTS) is 1. The molecule has 5 atom stereocenters. The molecule has 0 spiro atoms. The molecule has 1 aromatic carbocycles. The minimum atomic E-state index is -0.980. The van der Waals surface area contributed by atoms with E-state index in [1.54, 1.807) is 29.2 Å². The van der Waals surface area contributed by atoms with Crippen LogP contribution in [0.4, 0.5) is 0 Å². The summed E-state index contributed by atoms with van der Waals surface area (Å²) in [5, 5.41) is 18.3. The Kier molecular flexibility index (Phi) is 5.69. The van der Waals surface area contributed by atoms with Crippen molar-refractivity contribution < 1.29 is 19.5 Å². The molecule has 9 heteroatoms. The number of nitriles is 1. The molecule has 0 saturated carbocycles. The van der Waals surface area contributed by atoms with Gasteiger partial charge in [-0.15, -0.1) is 0 Å². The smallest absolute Gasteiger partial charge is 0.335 e. The zero-order valence-electron chi connectivity index (χ0n) is 17.5. The van der Waals surface area contributed by atoms with Crippen molar-refractivity contribution in [1.29, 1.82) is 5.26 Å². The molecule has 3 aliphatic rings. The maximum Gasteiger partial charge on any atom is 0.335 e. The highest BCUT2D eigenvalue weighted by molar-refractivity contribution is 5.88. The van der Waals surface area contributed by atoms with Crippen molar-refractivity contribution in [3.63, 3.8) is 0 Å². The molecular formula is C22H27N5O4. The van der Waals surface area contributed by atoms with E-state index in [4.69, 9.17) is 10.8 Å². The van der Waals surface area contributed by atoms with Gasteiger partial charge in [0.15, 0.2) is 0 Å². The number of aromatic carboxylic acids is 1. The Morgan fingerprint density at radius 1 is 1.32 bits per heavy atom. The van der Waals surface area contributed by atoms with Crippen molar-refractivity contribution in [3.8, 4) is 6.07 Å². The summed E-state index contributed by atoms with van der Waals surface area (Å²) in [6.07, 6.45) is 2.19. The van der Waals surface area contributed by atoms with Gasteiger partial charge in [0.25, 0.3) is 0 Å². The molecule has 164 valence electrons. The van der Waals surface area contributed by atoms with Crippen molar-refractivity contribution in [1.82, 2.24) is 14.7 Å². The predicted octanol–water partition coefficient (Wildman–Crippen LogP) is 0.573. The molecule has 3 aliphatic heterocycles. The van der Waals surface area contributed by atoms with E-state index in [1.807, 2.05) is 16.7 Å². The number of carbonyl (C=O) groups excluding carboxylic acids is 2. The summed E-state index contributed by atoms with van der Waals surface area (Å²) in [5.74, 6) is -1.18. The van der Waals surface area contributed by atoms with Gasteiger partial charge in [-0.25, -0.2) is 4.79 Å². The molecule has 0 radical (unpaired) electrons. The average Bonchev–Trinajstić information content (AvgIpc) is 3.47. The maximum absolute atomic E-state index is 13.1. The predicted molar refractivity (Wildman–Crippen MR) is 111 cm³/mol. The van der Waals surface area contributed by atoms with Gasteiger partial charge in [0, 0.05) is 25.7 Å². The molecule has 0 aliphatic carbocycles. The Hall–Kier alpha value is -2.96. The first-order chi connectivity index (χ1) is 14.8. The van der Waals surface area contributed by atoms with Gasteiger partial charge in [0.1, 0.15) is 6.04 Å². The van der Waals surface area contributed by atoms with Crippen molar-refractivity contribution in [2.45, 2.75) is 56.4 Å². The largest absolute Gasteiger partial charge is 0.478 e. The summed E-state index contributed by atoms with van der Waals surface area (Å²) < 4.78 is 0. The minimum Gasteiger partial charge on any atom is -0.478 e. The van der Waals surface area contributed by atoms with Gasteiger partial charge in [0.2, 0.25) is 11.8 Å². The number of hydrogen-bond acceptors (Lipinski definition) is 6. The molecule has 31 heavy (non-hydrogen) atoms. The Morgan fingerprint density at radius 3 is 2.65 bits per heavy atom. The van der Waals surface area contributed by atoms with Crippen LogP contribution in [0.15, 0.2) is 24.3 Å². The van der Waals surface area contributed by atoms with Crippen LogP contribution >= 0.6 is 0 Å². The highest BCUT2D eigenvalue weighted by Crippen LogP contribution is 2.38. The summed E-state index contributed by atoms with van der Waals surface area (Å²) in [6.45, 7) is 3.46. The van der Waals surface area contributed by atoms with E-state index in [0.29, 0.717) is 32.5 Å². The summed E-state index contributed by atoms with van der Waals surface area (Å²) in [4.78, 5) is 42.3. The monoisotopic (exact) mass is 425 g/mol. The fourth-order valence-corrected chi connectivity index (χ4v) is 5.17. The third-order valence-corrected chi connectivity index (χ3v) is 6.80. The van der Waals surface area contributed by atoms with Gasteiger partial charge in [-0.2, -0.15) is 5.26 Å². The van der Waals surface area contributed by atoms with Gasteiger partial charge in [-0.05, 0) is 43.9 Å². The van der Waals surface area contributed by atoms with Gasteiger partial charge >= 0.3 is 5.97 Å². The number of carboxylic acids is 1. The molecule has 3 fully saturated rings. The lowest BCUT2D eigenvalue weighted by atomic mass is 10.0. The fraction of sp³-hybridized carbons (Fsp3) is 0.545. The molecule has 2 amide bonds. The van der Waals surface area contributed by atoms with Crippen molar-refractivity contribution in [2.75, 3.05) is 19.6 Å². The van der Waals surface area contributed by atoms with Crippen LogP contribution in [0.3, 0.4) is 0 Å². The molecule has 3 N–H and O–H groups in total. The maximum atomic E-state index is 13.1. The minimum absolute atomic E-state index is 0.0155. The van der Waals surface area contributed by atoms with E-state index >= 15 is 0 Å². The molecule has 9 nitrogen and oxygen atoms in total. The van der Waals surface area contributed by atoms with E-state index in [0.717, 1.165) is 12.0 Å². The summed E-state index contributed by atoms with van der Waals surface area (Å²) in [7, 11) is 0. The zero-order valence-corrected chi connectivity index (χ0v) is 17.5. The number of amides is 2. The van der Waals surface area contributed by atoms with Crippen LogP contribution in [-0.2, 0) is 9.59 Å². The van der Waals surface area contributed by atoms with Crippen molar-refractivity contribution >= 4 is 17.8 Å². The Labute approximate surface area is 181 Å². The highest BCUT2D eigenvalue weighted by Gasteiger charge is 2.51. The van der Waals surface area contributed by atoms with E-state index in [-0.39, 0.29) is 35.5 Å². The quantitative estimate of drug-likeness (QED) is 0.681. The highest BCUT2D eigenvalue weighted by atomic mass is 16.4. The van der Waals surface area contributed by atoms with Crippen LogP contribution in [0, 0.1) is 11.3 Å². The van der Waals surface area contributed by atoms with Crippen LogP contribution < -0.4 is 5.73 Å². The van der Waals surface area contributed by atoms with Crippen molar-refractivity contribution in [3.05, 3.63) is 35.4 Å². The first-order valence-corrected chi connectivity index (χ1v) is 10.7. The van der Waals surface area contributed by atoms with Crippen LogP contribution in [0.25, 0.3) is 0 Å². The Morgan fingerprint density at radius 2 is 2.03 bits per heavy atom. The molecule has 3 saturated heterocycles. The summed E-state index contributed by atoms with van der Waals surface area (Å²) in [6, 6.07) is 7.19. The van der Waals surface area contributed by atoms with E-state index in [2.05, 4.69) is 6.07 Å². The lowest BCUT2D eigenvalue weighted by Gasteiger charge is -2.38. The van der Waals surface area contributed by atoms with Crippen LogP contribution in [0.5, 0.6) is 0 Å². The number of rotatable bonds is 6. The number of carbonyl (C=O) groups is 3. The number of likely N-dealkylation sites (tertiary alicyclic amines) is 3. The molecular weight excluding hydrogens is 398 g/mol. The van der Waals surface area contributed by atoms with Gasteiger partial charge in [0.05, 0.1) is 29.8 Å². The third-order valence-electron chi connectivity index (χ3n) is 6.80. The van der Waals surface area contributed by atoms with E-state index < -0.39 is 18.1 Å². The summed E-state index contributed by atoms with van der Waals surface area (Å²) >= 11 is 0. The van der Waals surface area contributed by atoms with Crippen LogP contribution in [0.2, 0.25) is 0 Å². The normalized spacial score (nSPS) is 27.4. The molecule has 2 bridgehead atoms. The number of hydrogen-bond donors (Lipinski definition) is 2. The first-order valence-electron chi connectivity index (χ1n) is 10.7. The SMILES string of the molecule is CC(c1ccc(C(=O)O)cc1)N1C(=O)C2C[C@H]1CN2CC(N)C(=O)N1CCCC1C#N. The fourth-order valence-electron chi connectivity index (χ4n) is 5.17. The van der Waals surface area contributed by atoms with Gasteiger partial charge < -0.3 is 20.6 Å². The number of fused-ring (bicyclic) bond motifs is 2. The topological polar surface area (TPSA) is 131 Å². The number of piperazine rings is 1.